The highest BCUT2D eigenvalue weighted by Gasteiger charge is 2.14. The van der Waals surface area contributed by atoms with E-state index in [1.807, 2.05) is 13.0 Å². The average molecular weight is 208 g/mol. The summed E-state index contributed by atoms with van der Waals surface area (Å²) in [5.74, 6) is 0.686. The zero-order chi connectivity index (χ0) is 11.3. The van der Waals surface area contributed by atoms with Crippen molar-refractivity contribution in [2.24, 2.45) is 0 Å². The number of ketones is 1. The molecule has 0 heterocycles. The third-order valence-corrected chi connectivity index (χ3v) is 2.15. The van der Waals surface area contributed by atoms with Gasteiger partial charge in [-0.15, -0.1) is 0 Å². The minimum Gasteiger partial charge on any atom is -0.494 e. The van der Waals surface area contributed by atoms with Crippen LogP contribution >= 0.6 is 0 Å². The fourth-order valence-corrected chi connectivity index (χ4v) is 1.25. The van der Waals surface area contributed by atoms with Crippen LogP contribution in [0.4, 0.5) is 0 Å². The van der Waals surface area contributed by atoms with Crippen LogP contribution in [0.15, 0.2) is 24.3 Å². The zero-order valence-electron chi connectivity index (χ0n) is 9.32. The summed E-state index contributed by atoms with van der Waals surface area (Å²) in [5.41, 5.74) is 0.621. The van der Waals surface area contributed by atoms with E-state index in [1.54, 1.807) is 25.1 Å². The molecule has 0 radical (unpaired) electrons. The van der Waals surface area contributed by atoms with Crippen molar-refractivity contribution in [3.8, 4) is 5.75 Å². The van der Waals surface area contributed by atoms with E-state index in [0.717, 1.165) is 0 Å². The van der Waals surface area contributed by atoms with Crippen LogP contribution in [-0.4, -0.2) is 25.6 Å². The van der Waals surface area contributed by atoms with Gasteiger partial charge in [0, 0.05) is 12.7 Å². The number of carbonyl (C=O) groups excluding carboxylic acids is 1. The molecular weight excluding hydrogens is 192 g/mol. The second-order valence-corrected chi connectivity index (χ2v) is 3.20. The molecule has 0 aliphatic carbocycles. The minimum atomic E-state index is -0.415. The van der Waals surface area contributed by atoms with E-state index < -0.39 is 6.10 Å². The molecule has 15 heavy (non-hydrogen) atoms. The molecule has 0 bridgehead atoms. The molecule has 0 fully saturated rings. The molecule has 1 aromatic rings. The summed E-state index contributed by atoms with van der Waals surface area (Å²) in [7, 11) is 1.52. The summed E-state index contributed by atoms with van der Waals surface area (Å²) in [6.07, 6.45) is -0.415. The maximum atomic E-state index is 11.8. The number of hydrogen-bond acceptors (Lipinski definition) is 3. The second-order valence-electron chi connectivity index (χ2n) is 3.20. The van der Waals surface area contributed by atoms with Crippen LogP contribution in [0.1, 0.15) is 24.2 Å². The normalized spacial score (nSPS) is 12.2. The highest BCUT2D eigenvalue weighted by atomic mass is 16.5. The van der Waals surface area contributed by atoms with Gasteiger partial charge in [-0.05, 0) is 26.0 Å². The molecule has 0 aromatic heterocycles. The van der Waals surface area contributed by atoms with Gasteiger partial charge in [0.05, 0.1) is 6.61 Å². The van der Waals surface area contributed by atoms with Crippen LogP contribution in [0.2, 0.25) is 0 Å². The van der Waals surface area contributed by atoms with Crippen LogP contribution in [0.5, 0.6) is 5.75 Å². The fraction of sp³-hybridized carbons (Fsp3) is 0.417. The molecular formula is C12H16O3. The van der Waals surface area contributed by atoms with Gasteiger partial charge in [0.25, 0.3) is 0 Å². The first-order valence-electron chi connectivity index (χ1n) is 4.99. The largest absolute Gasteiger partial charge is 0.494 e. The SMILES string of the molecule is CCOc1cccc(C(=O)C(C)OC)c1. The molecule has 0 saturated carbocycles. The number of ether oxygens (including phenoxy) is 2. The van der Waals surface area contributed by atoms with E-state index in [2.05, 4.69) is 0 Å². The summed E-state index contributed by atoms with van der Waals surface area (Å²) >= 11 is 0. The molecule has 1 aromatic carbocycles. The standard InChI is InChI=1S/C12H16O3/c1-4-15-11-7-5-6-10(8-11)12(13)9(2)14-3/h5-9H,4H2,1-3H3. The Kier molecular flexibility index (Phi) is 4.31. The monoisotopic (exact) mass is 208 g/mol. The molecule has 0 N–H and O–H groups in total. The van der Waals surface area contributed by atoms with Crippen LogP contribution in [0, 0.1) is 0 Å². The zero-order valence-corrected chi connectivity index (χ0v) is 9.32. The molecule has 3 nitrogen and oxygen atoms in total. The number of methoxy groups -OCH3 is 1. The van der Waals surface area contributed by atoms with Crippen LogP contribution in [0.25, 0.3) is 0 Å². The van der Waals surface area contributed by atoms with E-state index in [-0.39, 0.29) is 5.78 Å². The van der Waals surface area contributed by atoms with Crippen LogP contribution in [-0.2, 0) is 4.74 Å². The highest BCUT2D eigenvalue weighted by molar-refractivity contribution is 5.99. The lowest BCUT2D eigenvalue weighted by Gasteiger charge is -2.09. The smallest absolute Gasteiger partial charge is 0.191 e. The van der Waals surface area contributed by atoms with Gasteiger partial charge >= 0.3 is 0 Å². The molecule has 1 unspecified atom stereocenters. The Hall–Kier alpha value is -1.35. The topological polar surface area (TPSA) is 35.5 Å². The number of rotatable bonds is 5. The van der Waals surface area contributed by atoms with Crippen molar-refractivity contribution in [3.63, 3.8) is 0 Å². The molecule has 0 spiro atoms. The third kappa shape index (κ3) is 3.06. The van der Waals surface area contributed by atoms with E-state index in [9.17, 15) is 4.79 Å². The Morgan fingerprint density at radius 1 is 1.47 bits per heavy atom. The maximum absolute atomic E-state index is 11.8. The van der Waals surface area contributed by atoms with Crippen molar-refractivity contribution in [1.29, 1.82) is 0 Å². The van der Waals surface area contributed by atoms with Gasteiger partial charge in [-0.3, -0.25) is 4.79 Å². The quantitative estimate of drug-likeness (QED) is 0.696. The van der Waals surface area contributed by atoms with Crippen molar-refractivity contribution >= 4 is 5.78 Å². The lowest BCUT2D eigenvalue weighted by atomic mass is 10.1. The van der Waals surface area contributed by atoms with Gasteiger partial charge < -0.3 is 9.47 Å². The van der Waals surface area contributed by atoms with Gasteiger partial charge in [0.1, 0.15) is 11.9 Å². The molecule has 3 heteroatoms. The lowest BCUT2D eigenvalue weighted by molar-refractivity contribution is 0.0655. The summed E-state index contributed by atoms with van der Waals surface area (Å²) in [5, 5.41) is 0. The summed E-state index contributed by atoms with van der Waals surface area (Å²) < 4.78 is 10.3. The lowest BCUT2D eigenvalue weighted by Crippen LogP contribution is -2.19. The molecule has 1 atom stereocenters. The summed E-state index contributed by atoms with van der Waals surface area (Å²) in [6.45, 7) is 4.24. The molecule has 0 saturated heterocycles. The first-order chi connectivity index (χ1) is 7.19. The Balaban J connectivity index is 2.85. The molecule has 0 aliphatic rings. The fourth-order valence-electron chi connectivity index (χ4n) is 1.25. The van der Waals surface area contributed by atoms with E-state index in [1.165, 1.54) is 7.11 Å². The average Bonchev–Trinajstić information content (AvgIpc) is 2.28. The number of hydrogen-bond donors (Lipinski definition) is 0. The first kappa shape index (κ1) is 11.7. The van der Waals surface area contributed by atoms with Gasteiger partial charge in [-0.2, -0.15) is 0 Å². The molecule has 0 amide bonds. The molecule has 1 rings (SSSR count). The number of benzene rings is 1. The van der Waals surface area contributed by atoms with E-state index in [0.29, 0.717) is 17.9 Å². The predicted octanol–water partition coefficient (Wildman–Crippen LogP) is 2.30. The van der Waals surface area contributed by atoms with Crippen molar-refractivity contribution in [2.75, 3.05) is 13.7 Å². The second kappa shape index (κ2) is 5.51. The van der Waals surface area contributed by atoms with Gasteiger partial charge in [0.2, 0.25) is 0 Å². The Morgan fingerprint density at radius 3 is 2.80 bits per heavy atom. The first-order valence-corrected chi connectivity index (χ1v) is 4.99. The van der Waals surface area contributed by atoms with E-state index in [4.69, 9.17) is 9.47 Å². The molecule has 0 aliphatic heterocycles. The number of carbonyl (C=O) groups is 1. The summed E-state index contributed by atoms with van der Waals surface area (Å²) in [4.78, 5) is 11.8. The van der Waals surface area contributed by atoms with Gasteiger partial charge in [-0.25, -0.2) is 0 Å². The third-order valence-electron chi connectivity index (χ3n) is 2.15. The van der Waals surface area contributed by atoms with Crippen molar-refractivity contribution in [1.82, 2.24) is 0 Å². The van der Waals surface area contributed by atoms with Crippen LogP contribution < -0.4 is 4.74 Å². The van der Waals surface area contributed by atoms with Crippen LogP contribution in [0.3, 0.4) is 0 Å². The van der Waals surface area contributed by atoms with E-state index >= 15 is 0 Å². The number of Topliss-reactive ketones (excluding diaryl/α,β-unsaturated/α-hetero) is 1. The van der Waals surface area contributed by atoms with Gasteiger partial charge in [-0.1, -0.05) is 12.1 Å². The Labute approximate surface area is 90.0 Å². The summed E-state index contributed by atoms with van der Waals surface area (Å²) in [6, 6.07) is 7.14. The predicted molar refractivity (Wildman–Crippen MR) is 58.4 cm³/mol. The van der Waals surface area contributed by atoms with Crippen molar-refractivity contribution in [2.45, 2.75) is 20.0 Å². The molecule has 82 valence electrons. The van der Waals surface area contributed by atoms with Crippen molar-refractivity contribution < 1.29 is 14.3 Å². The van der Waals surface area contributed by atoms with Gasteiger partial charge in [0.15, 0.2) is 5.78 Å². The maximum Gasteiger partial charge on any atom is 0.191 e. The van der Waals surface area contributed by atoms with Crippen molar-refractivity contribution in [3.05, 3.63) is 29.8 Å². The minimum absolute atomic E-state index is 0.0287. The Bertz CT molecular complexity index is 333. The highest BCUT2D eigenvalue weighted by Crippen LogP contribution is 2.15. The Morgan fingerprint density at radius 2 is 2.20 bits per heavy atom.